The maximum atomic E-state index is 5.84. The summed E-state index contributed by atoms with van der Waals surface area (Å²) in [5, 5.41) is 3.37. The minimum absolute atomic E-state index is 0.364. The van der Waals surface area contributed by atoms with Crippen molar-refractivity contribution in [2.45, 2.75) is 27.7 Å². The molecular weight excluding hydrogens is 266 g/mol. The topological polar surface area (TPSA) is 50.9 Å². The molecular formula is C16H19N3S. The molecule has 104 valence electrons. The van der Waals surface area contributed by atoms with Crippen molar-refractivity contribution in [3.8, 4) is 0 Å². The summed E-state index contributed by atoms with van der Waals surface area (Å²) < 4.78 is 0. The van der Waals surface area contributed by atoms with E-state index in [-0.39, 0.29) is 0 Å². The van der Waals surface area contributed by atoms with Crippen LogP contribution in [-0.2, 0) is 0 Å². The van der Waals surface area contributed by atoms with Gasteiger partial charge in [0.15, 0.2) is 0 Å². The Bertz CT molecular complexity index is 678. The van der Waals surface area contributed by atoms with E-state index in [1.54, 1.807) is 0 Å². The smallest absolute Gasteiger partial charge is 0.141 e. The van der Waals surface area contributed by atoms with E-state index in [0.29, 0.717) is 4.99 Å². The quantitative estimate of drug-likeness (QED) is 0.844. The summed E-state index contributed by atoms with van der Waals surface area (Å²) in [7, 11) is 0. The first-order valence-corrected chi connectivity index (χ1v) is 6.91. The molecule has 0 radical (unpaired) electrons. The van der Waals surface area contributed by atoms with Crippen molar-refractivity contribution < 1.29 is 0 Å². The maximum Gasteiger partial charge on any atom is 0.141 e. The molecule has 1 aromatic heterocycles. The Labute approximate surface area is 125 Å². The lowest BCUT2D eigenvalue weighted by molar-refractivity contribution is 1.16. The van der Waals surface area contributed by atoms with Crippen molar-refractivity contribution in [1.82, 2.24) is 4.98 Å². The minimum atomic E-state index is 0.364. The highest BCUT2D eigenvalue weighted by molar-refractivity contribution is 7.80. The highest BCUT2D eigenvalue weighted by Crippen LogP contribution is 2.25. The maximum absolute atomic E-state index is 5.84. The van der Waals surface area contributed by atoms with Crippen LogP contribution in [0.25, 0.3) is 0 Å². The third kappa shape index (κ3) is 2.96. The normalized spacial score (nSPS) is 10.4. The van der Waals surface area contributed by atoms with Crippen LogP contribution < -0.4 is 11.1 Å². The number of aryl methyl sites for hydroxylation is 4. The van der Waals surface area contributed by atoms with E-state index in [0.717, 1.165) is 33.9 Å². The van der Waals surface area contributed by atoms with Crippen molar-refractivity contribution in [2.24, 2.45) is 5.73 Å². The predicted molar refractivity (Wildman–Crippen MR) is 88.8 cm³/mol. The Morgan fingerprint density at radius 2 is 1.80 bits per heavy atom. The second-order valence-electron chi connectivity index (χ2n) is 5.11. The van der Waals surface area contributed by atoms with Crippen molar-refractivity contribution in [1.29, 1.82) is 0 Å². The number of hydrogen-bond acceptors (Lipinski definition) is 3. The van der Waals surface area contributed by atoms with Crippen LogP contribution in [0.15, 0.2) is 24.3 Å². The zero-order chi connectivity index (χ0) is 14.9. The monoisotopic (exact) mass is 285 g/mol. The first kappa shape index (κ1) is 14.5. The second kappa shape index (κ2) is 5.59. The van der Waals surface area contributed by atoms with Gasteiger partial charge in [0.05, 0.1) is 5.56 Å². The van der Waals surface area contributed by atoms with Crippen LogP contribution in [0, 0.1) is 27.7 Å². The van der Waals surface area contributed by atoms with E-state index in [2.05, 4.69) is 42.3 Å². The number of anilines is 2. The Morgan fingerprint density at radius 1 is 1.10 bits per heavy atom. The first-order valence-electron chi connectivity index (χ1n) is 6.51. The van der Waals surface area contributed by atoms with Gasteiger partial charge in [-0.1, -0.05) is 24.4 Å². The predicted octanol–water partition coefficient (Wildman–Crippen LogP) is 3.69. The van der Waals surface area contributed by atoms with Crippen molar-refractivity contribution in [3.63, 3.8) is 0 Å². The van der Waals surface area contributed by atoms with E-state index in [1.807, 2.05) is 19.9 Å². The number of nitrogens with one attached hydrogen (secondary N) is 1. The number of thiocarbonyl (C=S) groups is 1. The fourth-order valence-electron chi connectivity index (χ4n) is 2.24. The van der Waals surface area contributed by atoms with Crippen LogP contribution in [0.1, 0.15) is 27.9 Å². The van der Waals surface area contributed by atoms with E-state index in [4.69, 9.17) is 18.0 Å². The molecule has 0 saturated heterocycles. The van der Waals surface area contributed by atoms with Crippen molar-refractivity contribution in [2.75, 3.05) is 5.32 Å². The van der Waals surface area contributed by atoms with Gasteiger partial charge in [-0.15, -0.1) is 0 Å². The van der Waals surface area contributed by atoms with Crippen LogP contribution in [0.4, 0.5) is 11.5 Å². The molecule has 0 fully saturated rings. The lowest BCUT2D eigenvalue weighted by Gasteiger charge is -2.15. The molecule has 0 amide bonds. The molecule has 2 aromatic rings. The summed E-state index contributed by atoms with van der Waals surface area (Å²) in [4.78, 5) is 4.91. The van der Waals surface area contributed by atoms with E-state index >= 15 is 0 Å². The third-order valence-electron chi connectivity index (χ3n) is 3.24. The van der Waals surface area contributed by atoms with Gasteiger partial charge in [0.2, 0.25) is 0 Å². The van der Waals surface area contributed by atoms with Crippen LogP contribution in [0.2, 0.25) is 0 Å². The Hall–Kier alpha value is -1.94. The number of aromatic nitrogens is 1. The molecule has 1 aromatic carbocycles. The Balaban J connectivity index is 2.53. The zero-order valence-corrected chi connectivity index (χ0v) is 13.1. The van der Waals surface area contributed by atoms with Crippen LogP contribution in [-0.4, -0.2) is 9.97 Å². The second-order valence-corrected chi connectivity index (χ2v) is 5.55. The molecule has 0 unspecified atom stereocenters. The average molecular weight is 285 g/mol. The summed E-state index contributed by atoms with van der Waals surface area (Å²) in [6, 6.07) is 8.26. The van der Waals surface area contributed by atoms with Gasteiger partial charge in [-0.2, -0.15) is 0 Å². The molecule has 0 spiro atoms. The Morgan fingerprint density at radius 3 is 2.45 bits per heavy atom. The number of nitrogens with zero attached hydrogens (tertiary/aromatic N) is 1. The molecule has 0 aliphatic rings. The molecule has 3 N–H and O–H groups in total. The van der Waals surface area contributed by atoms with Crippen LogP contribution in [0.5, 0.6) is 0 Å². The minimum Gasteiger partial charge on any atom is -0.389 e. The highest BCUT2D eigenvalue weighted by Gasteiger charge is 2.12. The largest absolute Gasteiger partial charge is 0.389 e. The summed E-state index contributed by atoms with van der Waals surface area (Å²) >= 11 is 5.15. The van der Waals surface area contributed by atoms with Gasteiger partial charge in [-0.25, -0.2) is 4.98 Å². The third-order valence-corrected chi connectivity index (χ3v) is 3.44. The summed E-state index contributed by atoms with van der Waals surface area (Å²) in [5.41, 5.74) is 12.0. The molecule has 20 heavy (non-hydrogen) atoms. The molecule has 0 bridgehead atoms. The number of rotatable bonds is 3. The van der Waals surface area contributed by atoms with Gasteiger partial charge in [0.1, 0.15) is 10.8 Å². The van der Waals surface area contributed by atoms with E-state index in [1.165, 1.54) is 5.56 Å². The number of pyridine rings is 1. The molecule has 3 nitrogen and oxygen atoms in total. The Kier molecular flexibility index (Phi) is 4.04. The fraction of sp³-hybridized carbons (Fsp3) is 0.250. The van der Waals surface area contributed by atoms with Gasteiger partial charge in [0, 0.05) is 11.4 Å². The van der Waals surface area contributed by atoms with Crippen LogP contribution in [0.3, 0.4) is 0 Å². The van der Waals surface area contributed by atoms with Gasteiger partial charge < -0.3 is 11.1 Å². The summed E-state index contributed by atoms with van der Waals surface area (Å²) in [6.45, 7) is 8.08. The zero-order valence-electron chi connectivity index (χ0n) is 12.2. The highest BCUT2D eigenvalue weighted by atomic mass is 32.1. The lowest BCUT2D eigenvalue weighted by atomic mass is 10.1. The van der Waals surface area contributed by atoms with Gasteiger partial charge in [0.25, 0.3) is 0 Å². The van der Waals surface area contributed by atoms with E-state index in [9.17, 15) is 0 Å². The van der Waals surface area contributed by atoms with E-state index < -0.39 is 0 Å². The molecule has 0 aliphatic carbocycles. The van der Waals surface area contributed by atoms with Gasteiger partial charge in [-0.3, -0.25) is 0 Å². The van der Waals surface area contributed by atoms with Gasteiger partial charge in [-0.05, 0) is 56.5 Å². The molecule has 0 saturated carbocycles. The lowest BCUT2D eigenvalue weighted by Crippen LogP contribution is -2.15. The number of benzene rings is 1. The summed E-state index contributed by atoms with van der Waals surface area (Å²) in [5.74, 6) is 0.726. The molecule has 4 heteroatoms. The number of hydrogen-bond donors (Lipinski definition) is 2. The van der Waals surface area contributed by atoms with Crippen molar-refractivity contribution in [3.05, 3.63) is 52.2 Å². The molecule has 0 aliphatic heterocycles. The van der Waals surface area contributed by atoms with Gasteiger partial charge >= 0.3 is 0 Å². The van der Waals surface area contributed by atoms with Crippen molar-refractivity contribution >= 4 is 28.7 Å². The number of nitrogens with two attached hydrogens (primary N) is 1. The summed E-state index contributed by atoms with van der Waals surface area (Å²) in [6.07, 6.45) is 0. The molecule has 1 heterocycles. The van der Waals surface area contributed by atoms with Crippen LogP contribution >= 0.6 is 12.2 Å². The molecule has 2 rings (SSSR count). The fourth-order valence-corrected chi connectivity index (χ4v) is 2.49. The first-order chi connectivity index (χ1) is 9.38. The molecule has 0 atom stereocenters. The standard InChI is InChI=1S/C16H19N3S/c1-9-5-6-10(2)13(7-9)19-16-14(15(17)20)11(3)8-12(4)18-16/h5-8H,1-4H3,(H2,17,20)(H,18,19). The SMILES string of the molecule is Cc1ccc(C)c(Nc2nc(C)cc(C)c2C(N)=S)c1. The average Bonchev–Trinajstić information content (AvgIpc) is 2.32.